The molecule has 4 rings (SSSR count). The fourth-order valence-electron chi connectivity index (χ4n) is 3.75. The van der Waals surface area contributed by atoms with Gasteiger partial charge in [0.15, 0.2) is 0 Å². The van der Waals surface area contributed by atoms with Crippen LogP contribution in [0.5, 0.6) is 0 Å². The van der Waals surface area contributed by atoms with E-state index < -0.39 is 0 Å². The van der Waals surface area contributed by atoms with Gasteiger partial charge in [0.05, 0.1) is 0 Å². The summed E-state index contributed by atoms with van der Waals surface area (Å²) in [4.78, 5) is 18.1. The average molecular weight is 313 g/mol. The van der Waals surface area contributed by atoms with Crippen LogP contribution < -0.4 is 10.6 Å². The number of carbonyl (C=O) groups is 1. The predicted molar refractivity (Wildman–Crippen MR) is 88.3 cm³/mol. The Kier molecular flexibility index (Phi) is 3.41. The minimum absolute atomic E-state index is 0.0450. The number of oxime groups is 1. The summed E-state index contributed by atoms with van der Waals surface area (Å²) < 4.78 is 0. The minimum Gasteiger partial charge on any atom is -0.388 e. The van der Waals surface area contributed by atoms with Crippen LogP contribution in [0.1, 0.15) is 38.2 Å². The first kappa shape index (κ1) is 14.7. The van der Waals surface area contributed by atoms with Crippen LogP contribution in [0, 0.1) is 0 Å². The number of carbonyl (C=O) groups excluding carboxylic acids is 1. The van der Waals surface area contributed by atoms with Gasteiger partial charge in [-0.25, -0.2) is 0 Å². The summed E-state index contributed by atoms with van der Waals surface area (Å²) in [5.41, 5.74) is 1.63. The quantitative estimate of drug-likeness (QED) is 0.893. The molecule has 1 amide bonds. The number of nitrogens with one attached hydrogen (secondary N) is 2. The Morgan fingerprint density at radius 2 is 2.04 bits per heavy atom. The lowest BCUT2D eigenvalue weighted by atomic mass is 9.87. The van der Waals surface area contributed by atoms with Crippen molar-refractivity contribution in [3.63, 3.8) is 0 Å². The summed E-state index contributed by atoms with van der Waals surface area (Å²) in [7, 11) is 0. The topological polar surface area (TPSA) is 62.7 Å². The van der Waals surface area contributed by atoms with Gasteiger partial charge in [-0.15, -0.1) is 0 Å². The van der Waals surface area contributed by atoms with Gasteiger partial charge in [0, 0.05) is 30.7 Å². The Labute approximate surface area is 136 Å². The van der Waals surface area contributed by atoms with Gasteiger partial charge < -0.3 is 15.5 Å². The second-order valence-electron chi connectivity index (χ2n) is 7.25. The maximum absolute atomic E-state index is 12.5. The summed E-state index contributed by atoms with van der Waals surface area (Å²) in [6.07, 6.45) is 3.44. The van der Waals surface area contributed by atoms with Crippen molar-refractivity contribution in [1.82, 2.24) is 10.6 Å². The third kappa shape index (κ3) is 2.63. The van der Waals surface area contributed by atoms with Gasteiger partial charge in [-0.05, 0) is 25.1 Å². The third-order valence-corrected chi connectivity index (χ3v) is 5.59. The molecule has 5 heteroatoms. The summed E-state index contributed by atoms with van der Waals surface area (Å²) >= 11 is 0. The molecule has 0 radical (unpaired) electrons. The number of piperidine rings is 1. The maximum Gasteiger partial charge on any atom is 0.269 e. The van der Waals surface area contributed by atoms with Crippen LogP contribution >= 0.6 is 0 Å². The first-order chi connectivity index (χ1) is 11.1. The molecule has 1 aliphatic carbocycles. The van der Waals surface area contributed by atoms with Gasteiger partial charge in [0.1, 0.15) is 11.3 Å². The molecule has 2 atom stereocenters. The van der Waals surface area contributed by atoms with Crippen molar-refractivity contribution in [3.8, 4) is 0 Å². The zero-order chi connectivity index (χ0) is 15.9. The number of amides is 1. The number of hydrogen-bond acceptors (Lipinski definition) is 4. The highest BCUT2D eigenvalue weighted by Gasteiger charge is 2.53. The fraction of sp³-hybridized carbons (Fsp3) is 0.556. The van der Waals surface area contributed by atoms with E-state index in [4.69, 9.17) is 4.84 Å². The van der Waals surface area contributed by atoms with E-state index in [9.17, 15) is 4.79 Å². The highest BCUT2D eigenvalue weighted by Crippen LogP contribution is 2.48. The van der Waals surface area contributed by atoms with Gasteiger partial charge in [-0.2, -0.15) is 0 Å². The number of hydrogen-bond donors (Lipinski definition) is 2. The summed E-state index contributed by atoms with van der Waals surface area (Å²) in [6.45, 7) is 4.06. The van der Waals surface area contributed by atoms with E-state index in [0.29, 0.717) is 12.1 Å². The molecule has 0 bridgehead atoms. The molecule has 1 saturated carbocycles. The zero-order valence-corrected chi connectivity index (χ0v) is 13.5. The van der Waals surface area contributed by atoms with E-state index in [1.54, 1.807) is 0 Å². The van der Waals surface area contributed by atoms with Crippen LogP contribution in [0.2, 0.25) is 0 Å². The molecule has 2 heterocycles. The Morgan fingerprint density at radius 1 is 1.30 bits per heavy atom. The molecule has 122 valence electrons. The van der Waals surface area contributed by atoms with Crippen LogP contribution in [0.25, 0.3) is 0 Å². The first-order valence-electron chi connectivity index (χ1n) is 8.44. The van der Waals surface area contributed by atoms with Crippen molar-refractivity contribution < 1.29 is 9.63 Å². The van der Waals surface area contributed by atoms with E-state index in [1.165, 1.54) is 5.56 Å². The lowest BCUT2D eigenvalue weighted by Gasteiger charge is -2.30. The molecule has 23 heavy (non-hydrogen) atoms. The Hall–Kier alpha value is -1.88. The second kappa shape index (κ2) is 5.34. The third-order valence-electron chi connectivity index (χ3n) is 5.59. The standard InChI is InChI=1S/C18H23N3O2/c1-17(13-5-3-2-4-6-13)12-15(17)20-16(22)14-11-18(23-21-14)7-9-19-10-8-18/h2-6,15,19H,7-12H2,1H3,(H,20,22). The van der Waals surface area contributed by atoms with Crippen molar-refractivity contribution in [3.05, 3.63) is 35.9 Å². The van der Waals surface area contributed by atoms with E-state index in [2.05, 4.69) is 34.8 Å². The maximum atomic E-state index is 12.5. The molecule has 2 unspecified atom stereocenters. The van der Waals surface area contributed by atoms with Crippen molar-refractivity contribution in [2.45, 2.75) is 49.7 Å². The lowest BCUT2D eigenvalue weighted by molar-refractivity contribution is -0.115. The molecule has 3 aliphatic rings. The highest BCUT2D eigenvalue weighted by molar-refractivity contribution is 6.39. The molecule has 1 aromatic carbocycles. The van der Waals surface area contributed by atoms with Gasteiger partial charge in [0.2, 0.25) is 0 Å². The summed E-state index contributed by atoms with van der Waals surface area (Å²) in [5, 5.41) is 10.6. The monoisotopic (exact) mass is 313 g/mol. The average Bonchev–Trinajstić information content (AvgIpc) is 3.06. The van der Waals surface area contributed by atoms with Gasteiger partial charge in [0.25, 0.3) is 5.91 Å². The SMILES string of the molecule is CC1(c2ccccc2)CC1NC(=O)C1=NOC2(CCNCC2)C1. The number of nitrogens with zero attached hydrogens (tertiary/aromatic N) is 1. The van der Waals surface area contributed by atoms with Gasteiger partial charge >= 0.3 is 0 Å². The van der Waals surface area contributed by atoms with Crippen LogP contribution in [0.3, 0.4) is 0 Å². The van der Waals surface area contributed by atoms with E-state index in [0.717, 1.165) is 32.4 Å². The molecule has 2 N–H and O–H groups in total. The Morgan fingerprint density at radius 3 is 2.78 bits per heavy atom. The van der Waals surface area contributed by atoms with Crippen LogP contribution in [0.4, 0.5) is 0 Å². The molecule has 2 fully saturated rings. The van der Waals surface area contributed by atoms with Crippen LogP contribution in [-0.4, -0.2) is 36.4 Å². The van der Waals surface area contributed by atoms with Crippen molar-refractivity contribution in [1.29, 1.82) is 0 Å². The Bertz CT molecular complexity index is 637. The van der Waals surface area contributed by atoms with Crippen LogP contribution in [-0.2, 0) is 15.0 Å². The van der Waals surface area contributed by atoms with Gasteiger partial charge in [-0.1, -0.05) is 42.4 Å². The highest BCUT2D eigenvalue weighted by atomic mass is 16.7. The second-order valence-corrected chi connectivity index (χ2v) is 7.25. The number of benzene rings is 1. The van der Waals surface area contributed by atoms with Crippen LogP contribution in [0.15, 0.2) is 35.5 Å². The molecule has 1 saturated heterocycles. The Balaban J connectivity index is 1.37. The largest absolute Gasteiger partial charge is 0.388 e. The molecule has 5 nitrogen and oxygen atoms in total. The van der Waals surface area contributed by atoms with Gasteiger partial charge in [-0.3, -0.25) is 4.79 Å². The normalized spacial score (nSPS) is 31.3. The molecular weight excluding hydrogens is 290 g/mol. The smallest absolute Gasteiger partial charge is 0.269 e. The molecule has 2 aliphatic heterocycles. The van der Waals surface area contributed by atoms with Crippen molar-refractivity contribution in [2.75, 3.05) is 13.1 Å². The lowest BCUT2D eigenvalue weighted by Crippen LogP contribution is -2.43. The zero-order valence-electron chi connectivity index (χ0n) is 13.5. The predicted octanol–water partition coefficient (Wildman–Crippen LogP) is 1.73. The van der Waals surface area contributed by atoms with Crippen molar-refractivity contribution in [2.24, 2.45) is 5.16 Å². The summed E-state index contributed by atoms with van der Waals surface area (Å²) in [5.74, 6) is -0.0648. The molecule has 1 spiro atoms. The fourth-order valence-corrected chi connectivity index (χ4v) is 3.75. The minimum atomic E-state index is -0.246. The van der Waals surface area contributed by atoms with E-state index >= 15 is 0 Å². The molecule has 0 aromatic heterocycles. The van der Waals surface area contributed by atoms with E-state index in [1.807, 2.05) is 18.2 Å². The number of rotatable bonds is 3. The molecular formula is C18H23N3O2. The summed E-state index contributed by atoms with van der Waals surface area (Å²) in [6, 6.07) is 10.6. The first-order valence-corrected chi connectivity index (χ1v) is 8.44. The van der Waals surface area contributed by atoms with Crippen molar-refractivity contribution >= 4 is 11.6 Å². The molecule has 1 aromatic rings. The van der Waals surface area contributed by atoms with E-state index in [-0.39, 0.29) is 23.0 Å².